The third-order valence-electron chi connectivity index (χ3n) is 2.99. The zero-order chi connectivity index (χ0) is 12.0. The number of carboxylic acid groups (broad SMARTS) is 1. The summed E-state index contributed by atoms with van der Waals surface area (Å²) in [6.07, 6.45) is 4.02. The normalized spacial score (nSPS) is 19.1. The summed E-state index contributed by atoms with van der Waals surface area (Å²) in [5.41, 5.74) is -0.926. The van der Waals surface area contributed by atoms with Crippen molar-refractivity contribution in [1.29, 1.82) is 0 Å². The molecule has 0 aromatic heterocycles. The molecule has 0 bridgehead atoms. The smallest absolute Gasteiger partial charge is 0.323 e. The summed E-state index contributed by atoms with van der Waals surface area (Å²) < 4.78 is 4.76. The quantitative estimate of drug-likeness (QED) is 0.686. The molecule has 0 amide bonds. The highest BCUT2D eigenvalue weighted by Crippen LogP contribution is 2.28. The zero-order valence-electron chi connectivity index (χ0n) is 9.62. The van der Waals surface area contributed by atoms with Gasteiger partial charge in [-0.2, -0.15) is 0 Å². The first-order chi connectivity index (χ1) is 7.60. The fourth-order valence-corrected chi connectivity index (χ4v) is 2.07. The van der Waals surface area contributed by atoms with E-state index in [1.165, 1.54) is 0 Å². The van der Waals surface area contributed by atoms with Gasteiger partial charge in [-0.25, -0.2) is 0 Å². The van der Waals surface area contributed by atoms with Crippen LogP contribution in [0.5, 0.6) is 0 Å². The van der Waals surface area contributed by atoms with Gasteiger partial charge >= 0.3 is 11.9 Å². The topological polar surface area (TPSA) is 75.6 Å². The molecular formula is C11H19NO4. The molecule has 1 aliphatic rings. The maximum Gasteiger partial charge on any atom is 0.323 e. The number of esters is 1. The van der Waals surface area contributed by atoms with Crippen molar-refractivity contribution in [1.82, 2.24) is 5.32 Å². The number of hydrogen-bond acceptors (Lipinski definition) is 4. The molecule has 5 nitrogen and oxygen atoms in total. The number of ether oxygens (including phenoxy) is 1. The number of aliphatic carboxylic acids is 1. The molecule has 0 aromatic carbocycles. The van der Waals surface area contributed by atoms with Crippen LogP contribution in [0.1, 0.15) is 39.0 Å². The summed E-state index contributed by atoms with van der Waals surface area (Å²) in [4.78, 5) is 22.4. The predicted molar refractivity (Wildman–Crippen MR) is 58.1 cm³/mol. The lowest BCUT2D eigenvalue weighted by atomic mass is 9.81. The van der Waals surface area contributed by atoms with Crippen molar-refractivity contribution < 1.29 is 19.4 Å². The van der Waals surface area contributed by atoms with Crippen LogP contribution in [0.4, 0.5) is 0 Å². The van der Waals surface area contributed by atoms with Gasteiger partial charge in [-0.15, -0.1) is 0 Å². The summed E-state index contributed by atoms with van der Waals surface area (Å²) in [5, 5.41) is 12.1. The van der Waals surface area contributed by atoms with Crippen LogP contribution >= 0.6 is 0 Å². The van der Waals surface area contributed by atoms with Crippen molar-refractivity contribution in [2.24, 2.45) is 0 Å². The van der Waals surface area contributed by atoms with Gasteiger partial charge in [-0.1, -0.05) is 19.3 Å². The lowest BCUT2D eigenvalue weighted by Gasteiger charge is -2.33. The molecule has 0 heterocycles. The molecule has 5 heteroatoms. The Morgan fingerprint density at radius 3 is 2.44 bits per heavy atom. The van der Waals surface area contributed by atoms with Gasteiger partial charge in [-0.3, -0.25) is 14.9 Å². The molecule has 0 radical (unpaired) electrons. The first kappa shape index (κ1) is 13.0. The molecule has 0 spiro atoms. The molecule has 2 N–H and O–H groups in total. The Bertz CT molecular complexity index is 259. The van der Waals surface area contributed by atoms with Gasteiger partial charge in [0.05, 0.1) is 13.2 Å². The molecule has 0 atom stereocenters. The summed E-state index contributed by atoms with van der Waals surface area (Å²) >= 11 is 0. The monoisotopic (exact) mass is 229 g/mol. The third-order valence-corrected chi connectivity index (χ3v) is 2.99. The molecule has 1 aliphatic carbocycles. The molecule has 0 saturated heterocycles. The number of carbonyl (C=O) groups excluding carboxylic acids is 1. The molecule has 16 heavy (non-hydrogen) atoms. The Labute approximate surface area is 95.2 Å². The second-order valence-electron chi connectivity index (χ2n) is 4.11. The van der Waals surface area contributed by atoms with Crippen molar-refractivity contribution in [3.63, 3.8) is 0 Å². The minimum atomic E-state index is -0.926. The zero-order valence-corrected chi connectivity index (χ0v) is 9.62. The van der Waals surface area contributed by atoms with Gasteiger partial charge in [-0.05, 0) is 19.8 Å². The average molecular weight is 229 g/mol. The Morgan fingerprint density at radius 2 is 1.94 bits per heavy atom. The van der Waals surface area contributed by atoms with E-state index in [9.17, 15) is 14.7 Å². The van der Waals surface area contributed by atoms with Gasteiger partial charge in [0.2, 0.25) is 0 Å². The number of rotatable bonds is 5. The lowest BCUT2D eigenvalue weighted by molar-refractivity contribution is -0.148. The maximum absolute atomic E-state index is 11.2. The third kappa shape index (κ3) is 3.20. The van der Waals surface area contributed by atoms with Crippen LogP contribution in [0.3, 0.4) is 0 Å². The van der Waals surface area contributed by atoms with Crippen molar-refractivity contribution in [2.45, 2.75) is 44.6 Å². The molecule has 1 saturated carbocycles. The van der Waals surface area contributed by atoms with Crippen molar-refractivity contribution in [2.75, 3.05) is 13.2 Å². The SMILES string of the molecule is CCOC(=O)CNC1(C(=O)O)CCCCC1. The second-order valence-corrected chi connectivity index (χ2v) is 4.11. The van der Waals surface area contributed by atoms with Crippen molar-refractivity contribution >= 4 is 11.9 Å². The van der Waals surface area contributed by atoms with Crippen molar-refractivity contribution in [3.8, 4) is 0 Å². The van der Waals surface area contributed by atoms with Crippen LogP contribution < -0.4 is 5.32 Å². The van der Waals surface area contributed by atoms with Gasteiger partial charge in [0.1, 0.15) is 5.54 Å². The van der Waals surface area contributed by atoms with E-state index in [2.05, 4.69) is 5.32 Å². The highest BCUT2D eigenvalue weighted by atomic mass is 16.5. The van der Waals surface area contributed by atoms with Crippen LogP contribution in [-0.4, -0.2) is 35.7 Å². The van der Waals surface area contributed by atoms with Crippen LogP contribution in [0.25, 0.3) is 0 Å². The van der Waals surface area contributed by atoms with Crippen LogP contribution in [-0.2, 0) is 14.3 Å². The van der Waals surface area contributed by atoms with Crippen molar-refractivity contribution in [3.05, 3.63) is 0 Å². The highest BCUT2D eigenvalue weighted by Gasteiger charge is 2.39. The first-order valence-corrected chi connectivity index (χ1v) is 5.75. The second kappa shape index (κ2) is 5.84. The van der Waals surface area contributed by atoms with Crippen LogP contribution in [0.2, 0.25) is 0 Å². The number of carboxylic acids is 1. The fourth-order valence-electron chi connectivity index (χ4n) is 2.07. The van der Waals surface area contributed by atoms with E-state index in [1.54, 1.807) is 6.92 Å². The maximum atomic E-state index is 11.2. The molecule has 0 aromatic rings. The molecule has 0 aliphatic heterocycles. The molecule has 92 valence electrons. The molecule has 0 unspecified atom stereocenters. The summed E-state index contributed by atoms with van der Waals surface area (Å²) in [7, 11) is 0. The summed E-state index contributed by atoms with van der Waals surface area (Å²) in [6, 6.07) is 0. The van der Waals surface area contributed by atoms with E-state index in [1.807, 2.05) is 0 Å². The highest BCUT2D eigenvalue weighted by molar-refractivity contribution is 5.80. The van der Waals surface area contributed by atoms with Gasteiger partial charge in [0, 0.05) is 0 Å². The number of hydrogen-bond donors (Lipinski definition) is 2. The van der Waals surface area contributed by atoms with Gasteiger partial charge < -0.3 is 9.84 Å². The Hall–Kier alpha value is -1.10. The summed E-state index contributed by atoms with van der Waals surface area (Å²) in [5.74, 6) is -1.26. The lowest BCUT2D eigenvalue weighted by Crippen LogP contribution is -2.54. The number of nitrogens with one attached hydrogen (secondary N) is 1. The molecule has 1 rings (SSSR count). The fraction of sp³-hybridized carbons (Fsp3) is 0.818. The first-order valence-electron chi connectivity index (χ1n) is 5.75. The van der Waals surface area contributed by atoms with Gasteiger partial charge in [0.15, 0.2) is 0 Å². The predicted octanol–water partition coefficient (Wildman–Crippen LogP) is 0.927. The van der Waals surface area contributed by atoms with Crippen LogP contribution in [0.15, 0.2) is 0 Å². The minimum absolute atomic E-state index is 0.0276. The largest absolute Gasteiger partial charge is 0.480 e. The van der Waals surface area contributed by atoms with E-state index in [4.69, 9.17) is 4.74 Å². The summed E-state index contributed by atoms with van der Waals surface area (Å²) in [6.45, 7) is 2.02. The van der Waals surface area contributed by atoms with E-state index in [0.29, 0.717) is 19.4 Å². The standard InChI is InChI=1S/C11H19NO4/c1-2-16-9(13)8-12-11(10(14)15)6-4-3-5-7-11/h12H,2-8H2,1H3,(H,14,15). The molecular weight excluding hydrogens is 210 g/mol. The average Bonchev–Trinajstić information content (AvgIpc) is 2.28. The number of carbonyl (C=O) groups is 2. The Morgan fingerprint density at radius 1 is 1.31 bits per heavy atom. The van der Waals surface area contributed by atoms with Crippen LogP contribution in [0, 0.1) is 0 Å². The Balaban J connectivity index is 2.51. The van der Waals surface area contributed by atoms with E-state index < -0.39 is 17.5 Å². The van der Waals surface area contributed by atoms with E-state index >= 15 is 0 Å². The van der Waals surface area contributed by atoms with Gasteiger partial charge in [0.25, 0.3) is 0 Å². The minimum Gasteiger partial charge on any atom is -0.480 e. The molecule has 1 fully saturated rings. The van der Waals surface area contributed by atoms with E-state index in [-0.39, 0.29) is 6.54 Å². The van der Waals surface area contributed by atoms with E-state index in [0.717, 1.165) is 19.3 Å². The Kier molecular flexibility index (Phi) is 4.73.